The van der Waals surface area contributed by atoms with Gasteiger partial charge in [-0.05, 0) is 19.1 Å². The summed E-state index contributed by atoms with van der Waals surface area (Å²) in [5.74, 6) is 0.671. The van der Waals surface area contributed by atoms with Gasteiger partial charge < -0.3 is 9.57 Å². The monoisotopic (exact) mass is 297 g/mol. The fraction of sp³-hybridized carbons (Fsp3) is 0.462. The van der Waals surface area contributed by atoms with E-state index < -0.39 is 16.2 Å². The summed E-state index contributed by atoms with van der Waals surface area (Å²) in [6, 6.07) is 5.87. The smallest absolute Gasteiger partial charge is 0.264 e. The average Bonchev–Trinajstić information content (AvgIpc) is 2.79. The van der Waals surface area contributed by atoms with Crippen LogP contribution < -0.4 is 4.74 Å². The lowest BCUT2D eigenvalue weighted by Gasteiger charge is -2.25. The van der Waals surface area contributed by atoms with Crippen molar-refractivity contribution < 1.29 is 22.2 Å². The third-order valence-corrected chi connectivity index (χ3v) is 3.93. The molecule has 0 bridgehead atoms. The van der Waals surface area contributed by atoms with Gasteiger partial charge in [0.1, 0.15) is 24.7 Å². The fourth-order valence-electron chi connectivity index (χ4n) is 2.36. The zero-order valence-electron chi connectivity index (χ0n) is 11.2. The van der Waals surface area contributed by atoms with Crippen LogP contribution in [-0.2, 0) is 19.1 Å². The van der Waals surface area contributed by atoms with E-state index in [4.69, 9.17) is 13.8 Å². The topological polar surface area (TPSA) is 74.2 Å². The SMILES string of the molecule is Cc1ccc2c(c1)C1=NOC(COS(C)(=O)=O)C1CO2. The van der Waals surface area contributed by atoms with E-state index in [1.165, 1.54) is 0 Å². The normalized spacial score (nSPS) is 24.2. The molecule has 108 valence electrons. The zero-order chi connectivity index (χ0) is 14.3. The maximum absolute atomic E-state index is 11.0. The molecular weight excluding hydrogens is 282 g/mol. The molecule has 0 aromatic heterocycles. The summed E-state index contributed by atoms with van der Waals surface area (Å²) < 4.78 is 32.6. The number of rotatable bonds is 3. The van der Waals surface area contributed by atoms with Crippen molar-refractivity contribution in [2.45, 2.75) is 13.0 Å². The van der Waals surface area contributed by atoms with E-state index in [0.717, 1.165) is 28.8 Å². The highest BCUT2D eigenvalue weighted by Crippen LogP contribution is 2.34. The van der Waals surface area contributed by atoms with Crippen LogP contribution in [0.15, 0.2) is 23.4 Å². The van der Waals surface area contributed by atoms with Crippen molar-refractivity contribution in [1.82, 2.24) is 0 Å². The Morgan fingerprint density at radius 3 is 3.00 bits per heavy atom. The maximum Gasteiger partial charge on any atom is 0.264 e. The molecule has 0 saturated heterocycles. The van der Waals surface area contributed by atoms with Crippen molar-refractivity contribution in [2.75, 3.05) is 19.5 Å². The second-order valence-corrected chi connectivity index (χ2v) is 6.67. The molecule has 0 amide bonds. The van der Waals surface area contributed by atoms with Crippen molar-refractivity contribution >= 4 is 15.8 Å². The van der Waals surface area contributed by atoms with Crippen LogP contribution in [0.1, 0.15) is 11.1 Å². The molecule has 3 rings (SSSR count). The van der Waals surface area contributed by atoms with Crippen molar-refractivity contribution in [1.29, 1.82) is 0 Å². The van der Waals surface area contributed by atoms with Gasteiger partial charge in [0, 0.05) is 5.56 Å². The molecule has 0 saturated carbocycles. The van der Waals surface area contributed by atoms with Gasteiger partial charge in [0.25, 0.3) is 10.1 Å². The summed E-state index contributed by atoms with van der Waals surface area (Å²) >= 11 is 0. The second kappa shape index (κ2) is 4.75. The van der Waals surface area contributed by atoms with Gasteiger partial charge in [-0.2, -0.15) is 8.42 Å². The summed E-state index contributed by atoms with van der Waals surface area (Å²) in [6.45, 7) is 2.35. The highest BCUT2D eigenvalue weighted by atomic mass is 32.2. The number of ether oxygens (including phenoxy) is 1. The molecule has 1 aromatic carbocycles. The first-order chi connectivity index (χ1) is 9.44. The number of benzene rings is 1. The Bertz CT molecular complexity index is 667. The highest BCUT2D eigenvalue weighted by molar-refractivity contribution is 7.85. The van der Waals surface area contributed by atoms with Crippen LogP contribution in [0.2, 0.25) is 0 Å². The molecule has 2 atom stereocenters. The van der Waals surface area contributed by atoms with Crippen LogP contribution in [0.4, 0.5) is 0 Å². The van der Waals surface area contributed by atoms with Crippen LogP contribution in [-0.4, -0.2) is 39.7 Å². The van der Waals surface area contributed by atoms with E-state index in [1.54, 1.807) is 0 Å². The van der Waals surface area contributed by atoms with Crippen molar-refractivity contribution in [2.24, 2.45) is 11.1 Å². The minimum Gasteiger partial charge on any atom is -0.492 e. The Balaban J connectivity index is 1.81. The Morgan fingerprint density at radius 1 is 1.45 bits per heavy atom. The molecule has 2 aliphatic heterocycles. The predicted molar refractivity (Wildman–Crippen MR) is 72.4 cm³/mol. The summed E-state index contributed by atoms with van der Waals surface area (Å²) in [5.41, 5.74) is 2.81. The van der Waals surface area contributed by atoms with Crippen LogP contribution in [0, 0.1) is 12.8 Å². The first-order valence-corrected chi connectivity index (χ1v) is 8.07. The highest BCUT2D eigenvalue weighted by Gasteiger charge is 2.40. The third-order valence-electron chi connectivity index (χ3n) is 3.36. The predicted octanol–water partition coefficient (Wildman–Crippen LogP) is 1.08. The number of hydrogen-bond acceptors (Lipinski definition) is 6. The standard InChI is InChI=1S/C13H15NO5S/c1-8-3-4-11-9(5-8)13-10(6-17-11)12(19-14-13)7-18-20(2,15)16/h3-5,10,12H,6-7H2,1-2H3. The second-order valence-electron chi connectivity index (χ2n) is 5.03. The van der Waals surface area contributed by atoms with Crippen molar-refractivity contribution in [3.8, 4) is 5.75 Å². The van der Waals surface area contributed by atoms with Crippen LogP contribution in [0.5, 0.6) is 5.75 Å². The molecular formula is C13H15NO5S. The van der Waals surface area contributed by atoms with E-state index in [9.17, 15) is 8.42 Å². The van der Waals surface area contributed by atoms with Gasteiger partial charge >= 0.3 is 0 Å². The van der Waals surface area contributed by atoms with E-state index in [-0.39, 0.29) is 12.5 Å². The summed E-state index contributed by atoms with van der Waals surface area (Å²) in [6.07, 6.45) is 0.577. The Morgan fingerprint density at radius 2 is 2.25 bits per heavy atom. The minimum atomic E-state index is -3.49. The van der Waals surface area contributed by atoms with E-state index in [2.05, 4.69) is 5.16 Å². The number of oxime groups is 1. The minimum absolute atomic E-state index is 0.0546. The molecule has 6 nitrogen and oxygen atoms in total. The van der Waals surface area contributed by atoms with E-state index in [1.807, 2.05) is 25.1 Å². The van der Waals surface area contributed by atoms with Gasteiger partial charge in [-0.25, -0.2) is 0 Å². The summed E-state index contributed by atoms with van der Waals surface area (Å²) in [7, 11) is -3.49. The van der Waals surface area contributed by atoms with Crippen LogP contribution >= 0.6 is 0 Å². The van der Waals surface area contributed by atoms with Crippen LogP contribution in [0.25, 0.3) is 0 Å². The molecule has 20 heavy (non-hydrogen) atoms. The van der Waals surface area contributed by atoms with Gasteiger partial charge in [-0.3, -0.25) is 4.18 Å². The molecule has 0 radical (unpaired) electrons. The first kappa shape index (κ1) is 13.4. The molecule has 7 heteroatoms. The molecule has 1 aromatic rings. The van der Waals surface area contributed by atoms with Gasteiger partial charge in [-0.1, -0.05) is 16.8 Å². The number of nitrogens with zero attached hydrogens (tertiary/aromatic N) is 1. The van der Waals surface area contributed by atoms with E-state index >= 15 is 0 Å². The van der Waals surface area contributed by atoms with Crippen molar-refractivity contribution in [3.05, 3.63) is 29.3 Å². The molecule has 2 aliphatic rings. The number of aryl methyl sites for hydroxylation is 1. The molecule has 0 spiro atoms. The van der Waals surface area contributed by atoms with Crippen LogP contribution in [0.3, 0.4) is 0 Å². The lowest BCUT2D eigenvalue weighted by molar-refractivity contribution is 0.0175. The Labute approximate surface area is 117 Å². The molecule has 2 heterocycles. The zero-order valence-corrected chi connectivity index (χ0v) is 12.0. The first-order valence-electron chi connectivity index (χ1n) is 6.26. The Kier molecular flexibility index (Phi) is 3.18. The van der Waals surface area contributed by atoms with E-state index in [0.29, 0.717) is 6.61 Å². The van der Waals surface area contributed by atoms with Gasteiger partial charge in [0.05, 0.1) is 12.2 Å². The maximum atomic E-state index is 11.0. The average molecular weight is 297 g/mol. The molecule has 0 N–H and O–H groups in total. The van der Waals surface area contributed by atoms with Gasteiger partial charge in [0.15, 0.2) is 6.10 Å². The lowest BCUT2D eigenvalue weighted by Crippen LogP contribution is -2.36. The third kappa shape index (κ3) is 2.51. The summed E-state index contributed by atoms with van der Waals surface area (Å²) in [4.78, 5) is 5.31. The number of fused-ring (bicyclic) bond motifs is 3. The molecule has 0 aliphatic carbocycles. The quantitative estimate of drug-likeness (QED) is 0.781. The van der Waals surface area contributed by atoms with Crippen molar-refractivity contribution in [3.63, 3.8) is 0 Å². The lowest BCUT2D eigenvalue weighted by atomic mass is 9.90. The molecule has 0 fully saturated rings. The molecule has 2 unspecified atom stereocenters. The summed E-state index contributed by atoms with van der Waals surface area (Å²) in [5, 5.41) is 4.08. The Hall–Kier alpha value is -1.60. The van der Waals surface area contributed by atoms with Gasteiger partial charge in [-0.15, -0.1) is 0 Å². The number of hydrogen-bond donors (Lipinski definition) is 0. The van der Waals surface area contributed by atoms with Gasteiger partial charge in [0.2, 0.25) is 0 Å². The fourth-order valence-corrected chi connectivity index (χ4v) is 2.74. The largest absolute Gasteiger partial charge is 0.492 e.